The molecule has 0 aromatic heterocycles. The number of unbranched alkanes of at least 4 members (excludes halogenated alkanes) is 3. The van der Waals surface area contributed by atoms with Crippen LogP contribution in [-0.2, 0) is 16.1 Å². The van der Waals surface area contributed by atoms with Crippen molar-refractivity contribution in [1.29, 1.82) is 0 Å². The molecular formula is C29H38N4O5. The Morgan fingerprint density at radius 3 is 2.37 bits per heavy atom. The zero-order valence-corrected chi connectivity index (χ0v) is 22.3. The van der Waals surface area contributed by atoms with Crippen LogP contribution in [0.4, 0.5) is 0 Å². The van der Waals surface area contributed by atoms with Crippen LogP contribution in [0, 0.1) is 0 Å². The van der Waals surface area contributed by atoms with Crippen molar-refractivity contribution < 1.29 is 24.3 Å². The number of nitrogens with zero attached hydrogens (tertiary/aromatic N) is 3. The maximum Gasteiger partial charge on any atom is 0.255 e. The van der Waals surface area contributed by atoms with E-state index in [2.05, 4.69) is 11.9 Å². The minimum atomic E-state index is -0.488. The van der Waals surface area contributed by atoms with E-state index in [1.807, 2.05) is 54.3 Å². The maximum atomic E-state index is 13.3. The van der Waals surface area contributed by atoms with Crippen LogP contribution in [0.5, 0.6) is 5.75 Å². The molecule has 0 bridgehead atoms. The second-order valence-electron chi connectivity index (χ2n) is 10.2. The van der Waals surface area contributed by atoms with E-state index in [-0.39, 0.29) is 17.7 Å². The number of carbonyl (C=O) groups is 3. The molecule has 1 saturated heterocycles. The van der Waals surface area contributed by atoms with Gasteiger partial charge in [0.05, 0.1) is 6.61 Å². The largest absolute Gasteiger partial charge is 0.494 e. The minimum absolute atomic E-state index is 0.0177. The molecule has 2 aromatic rings. The molecule has 9 nitrogen and oxygen atoms in total. The molecular weight excluding hydrogens is 484 g/mol. The SMILES string of the molecule is CC(C(=O)N1CCN(C)CC1)N1Cc2ccc(-c3ccc(OCCCCCCC(=O)NO)cc3)cc2C1=O. The van der Waals surface area contributed by atoms with Crippen LogP contribution in [-0.4, -0.2) is 83.5 Å². The quantitative estimate of drug-likeness (QED) is 0.267. The number of benzene rings is 2. The van der Waals surface area contributed by atoms with Crippen LogP contribution in [0.3, 0.4) is 0 Å². The van der Waals surface area contributed by atoms with Gasteiger partial charge in [-0.3, -0.25) is 19.6 Å². The number of piperazine rings is 1. The van der Waals surface area contributed by atoms with Crippen molar-refractivity contribution in [3.05, 3.63) is 53.6 Å². The summed E-state index contributed by atoms with van der Waals surface area (Å²) in [7, 11) is 2.05. The lowest BCUT2D eigenvalue weighted by atomic mass is 10.0. The number of hydrogen-bond acceptors (Lipinski definition) is 6. The van der Waals surface area contributed by atoms with Crippen molar-refractivity contribution >= 4 is 17.7 Å². The lowest BCUT2D eigenvalue weighted by Gasteiger charge is -2.35. The van der Waals surface area contributed by atoms with Gasteiger partial charge in [0.2, 0.25) is 11.8 Å². The van der Waals surface area contributed by atoms with Gasteiger partial charge in [0.15, 0.2) is 0 Å². The minimum Gasteiger partial charge on any atom is -0.494 e. The Kier molecular flexibility index (Phi) is 9.36. The molecule has 2 aliphatic rings. The molecule has 0 aliphatic carbocycles. The third kappa shape index (κ3) is 6.71. The van der Waals surface area contributed by atoms with E-state index < -0.39 is 6.04 Å². The number of ether oxygens (including phenoxy) is 1. The smallest absolute Gasteiger partial charge is 0.255 e. The standard InChI is InChI=1S/C29H38N4O5/c1-21(28(35)32-16-14-31(2)15-17-32)33-20-24-9-8-23(19-26(24)29(33)36)22-10-12-25(13-11-22)38-18-6-4-3-5-7-27(34)30-37/h8-13,19,21,37H,3-7,14-18,20H2,1-2H3,(H,30,34). The molecule has 1 unspecified atom stereocenters. The Balaban J connectivity index is 1.29. The van der Waals surface area contributed by atoms with Gasteiger partial charge in [-0.05, 0) is 61.7 Å². The fraction of sp³-hybridized carbons (Fsp3) is 0.483. The van der Waals surface area contributed by atoms with E-state index in [0.717, 1.165) is 61.2 Å². The first kappa shape index (κ1) is 27.6. The topological polar surface area (TPSA) is 102 Å². The summed E-state index contributed by atoms with van der Waals surface area (Å²) in [5, 5.41) is 8.49. The summed E-state index contributed by atoms with van der Waals surface area (Å²) in [5.74, 6) is 0.364. The summed E-state index contributed by atoms with van der Waals surface area (Å²) in [5.41, 5.74) is 5.21. The van der Waals surface area contributed by atoms with Crippen LogP contribution < -0.4 is 10.2 Å². The first-order valence-electron chi connectivity index (χ1n) is 13.4. The van der Waals surface area contributed by atoms with E-state index in [0.29, 0.717) is 38.2 Å². The number of fused-ring (bicyclic) bond motifs is 1. The van der Waals surface area contributed by atoms with Crippen LogP contribution in [0.2, 0.25) is 0 Å². The average Bonchev–Trinajstić information content (AvgIpc) is 3.27. The van der Waals surface area contributed by atoms with Crippen LogP contribution in [0.15, 0.2) is 42.5 Å². The van der Waals surface area contributed by atoms with E-state index >= 15 is 0 Å². The molecule has 0 saturated carbocycles. The average molecular weight is 523 g/mol. The second kappa shape index (κ2) is 12.9. The number of carbonyl (C=O) groups excluding carboxylic acids is 3. The molecule has 2 heterocycles. The van der Waals surface area contributed by atoms with Gasteiger partial charge in [-0.25, -0.2) is 5.48 Å². The number of likely N-dealkylation sites (N-methyl/N-ethyl adjacent to an activating group) is 1. The van der Waals surface area contributed by atoms with E-state index in [4.69, 9.17) is 9.94 Å². The van der Waals surface area contributed by atoms with Crippen LogP contribution in [0.1, 0.15) is 54.9 Å². The number of hydrogen-bond donors (Lipinski definition) is 2. The van der Waals surface area contributed by atoms with E-state index in [9.17, 15) is 14.4 Å². The predicted octanol–water partition coefficient (Wildman–Crippen LogP) is 3.31. The molecule has 1 atom stereocenters. The highest BCUT2D eigenvalue weighted by Gasteiger charge is 2.36. The Labute approximate surface area is 224 Å². The first-order chi connectivity index (χ1) is 18.4. The summed E-state index contributed by atoms with van der Waals surface area (Å²) in [6, 6.07) is 13.3. The van der Waals surface area contributed by atoms with Crippen molar-refractivity contribution in [3.8, 4) is 16.9 Å². The number of hydroxylamine groups is 1. The highest BCUT2D eigenvalue weighted by molar-refractivity contribution is 6.02. The van der Waals surface area contributed by atoms with E-state index in [1.54, 1.807) is 10.4 Å². The highest BCUT2D eigenvalue weighted by atomic mass is 16.5. The second-order valence-corrected chi connectivity index (χ2v) is 10.2. The van der Waals surface area contributed by atoms with Crippen LogP contribution in [0.25, 0.3) is 11.1 Å². The van der Waals surface area contributed by atoms with Crippen molar-refractivity contribution in [3.63, 3.8) is 0 Å². The fourth-order valence-electron chi connectivity index (χ4n) is 4.97. The lowest BCUT2D eigenvalue weighted by Crippen LogP contribution is -2.53. The number of nitrogens with one attached hydrogen (secondary N) is 1. The molecule has 2 aliphatic heterocycles. The third-order valence-corrected chi connectivity index (χ3v) is 7.46. The van der Waals surface area contributed by atoms with Gasteiger partial charge in [-0.15, -0.1) is 0 Å². The molecule has 0 spiro atoms. The van der Waals surface area contributed by atoms with Gasteiger partial charge in [0, 0.05) is 44.7 Å². The van der Waals surface area contributed by atoms with Gasteiger partial charge >= 0.3 is 0 Å². The molecule has 0 radical (unpaired) electrons. The van der Waals surface area contributed by atoms with E-state index in [1.165, 1.54) is 0 Å². The Morgan fingerprint density at radius 1 is 0.974 bits per heavy atom. The number of amides is 3. The van der Waals surface area contributed by atoms with Gasteiger partial charge in [-0.1, -0.05) is 37.1 Å². The molecule has 1 fully saturated rings. The Morgan fingerprint density at radius 2 is 1.66 bits per heavy atom. The zero-order chi connectivity index (χ0) is 27.1. The highest BCUT2D eigenvalue weighted by Crippen LogP contribution is 2.31. The Bertz CT molecular complexity index is 1130. The predicted molar refractivity (Wildman–Crippen MR) is 144 cm³/mol. The van der Waals surface area contributed by atoms with Crippen molar-refractivity contribution in [2.24, 2.45) is 0 Å². The Hall–Kier alpha value is -3.43. The molecule has 4 rings (SSSR count). The van der Waals surface area contributed by atoms with Crippen molar-refractivity contribution in [2.75, 3.05) is 39.8 Å². The summed E-state index contributed by atoms with van der Waals surface area (Å²) in [4.78, 5) is 43.1. The van der Waals surface area contributed by atoms with Crippen molar-refractivity contribution in [1.82, 2.24) is 20.2 Å². The van der Waals surface area contributed by atoms with Crippen LogP contribution >= 0.6 is 0 Å². The summed E-state index contributed by atoms with van der Waals surface area (Å²) in [6.07, 6.45) is 3.83. The molecule has 38 heavy (non-hydrogen) atoms. The zero-order valence-electron chi connectivity index (χ0n) is 22.3. The third-order valence-electron chi connectivity index (χ3n) is 7.46. The summed E-state index contributed by atoms with van der Waals surface area (Å²) in [6.45, 7) is 5.99. The molecule has 2 aromatic carbocycles. The lowest BCUT2D eigenvalue weighted by molar-refractivity contribution is -0.137. The van der Waals surface area contributed by atoms with Gasteiger partial charge < -0.3 is 19.4 Å². The van der Waals surface area contributed by atoms with Gasteiger partial charge in [-0.2, -0.15) is 0 Å². The molecule has 9 heteroatoms. The molecule has 3 amide bonds. The molecule has 204 valence electrons. The normalized spacial score (nSPS) is 16.3. The van der Waals surface area contributed by atoms with Crippen molar-refractivity contribution in [2.45, 2.75) is 51.6 Å². The number of rotatable bonds is 11. The van der Waals surface area contributed by atoms with Gasteiger partial charge in [0.25, 0.3) is 5.91 Å². The first-order valence-corrected chi connectivity index (χ1v) is 13.4. The summed E-state index contributed by atoms with van der Waals surface area (Å²) < 4.78 is 5.84. The molecule has 2 N–H and O–H groups in total. The van der Waals surface area contributed by atoms with Gasteiger partial charge in [0.1, 0.15) is 11.8 Å². The monoisotopic (exact) mass is 522 g/mol. The fourth-order valence-corrected chi connectivity index (χ4v) is 4.97. The maximum absolute atomic E-state index is 13.3. The summed E-state index contributed by atoms with van der Waals surface area (Å²) >= 11 is 0.